The van der Waals surface area contributed by atoms with E-state index in [1.807, 2.05) is 52.1 Å². The molecule has 0 aliphatic heterocycles. The van der Waals surface area contributed by atoms with Gasteiger partial charge in [0.1, 0.15) is 18.0 Å². The lowest BCUT2D eigenvalue weighted by atomic mass is 10.1. The maximum Gasteiger partial charge on any atom is 0.407 e. The van der Waals surface area contributed by atoms with Crippen LogP contribution in [0.25, 0.3) is 10.9 Å². The van der Waals surface area contributed by atoms with Crippen molar-refractivity contribution in [3.05, 3.63) is 42.6 Å². The summed E-state index contributed by atoms with van der Waals surface area (Å²) in [6.45, 7) is 11.6. The fourth-order valence-corrected chi connectivity index (χ4v) is 2.46. The average molecular weight is 330 g/mol. The first-order valence-electron chi connectivity index (χ1n) is 8.11. The van der Waals surface area contributed by atoms with Crippen LogP contribution in [0.15, 0.2) is 37.1 Å². The number of nitrogens with one attached hydrogen (secondary N) is 2. The third-order valence-corrected chi connectivity index (χ3v) is 3.40. The maximum atomic E-state index is 11.9. The van der Waals surface area contributed by atoms with Crippen molar-refractivity contribution in [2.24, 2.45) is 0 Å². The number of aromatic nitrogens is 1. The molecule has 2 aromatic rings. The Labute approximate surface area is 143 Å². The van der Waals surface area contributed by atoms with Crippen LogP contribution in [0, 0.1) is 0 Å². The van der Waals surface area contributed by atoms with Crippen molar-refractivity contribution in [1.29, 1.82) is 0 Å². The van der Waals surface area contributed by atoms with E-state index in [-0.39, 0.29) is 6.04 Å². The maximum absolute atomic E-state index is 11.9. The zero-order chi connectivity index (χ0) is 17.7. The highest BCUT2D eigenvalue weighted by molar-refractivity contribution is 5.84. The van der Waals surface area contributed by atoms with Gasteiger partial charge in [-0.3, -0.25) is 0 Å². The number of fused-ring (bicyclic) bond motifs is 1. The summed E-state index contributed by atoms with van der Waals surface area (Å²) in [7, 11) is 0. The van der Waals surface area contributed by atoms with Crippen LogP contribution >= 0.6 is 0 Å². The first kappa shape index (κ1) is 17.9. The topological polar surface area (TPSA) is 63.3 Å². The molecule has 0 bridgehead atoms. The molecule has 0 aliphatic rings. The number of alkyl carbamates (subject to hydrolysis) is 1. The number of hydrogen-bond donors (Lipinski definition) is 2. The second-order valence-corrected chi connectivity index (χ2v) is 6.87. The molecule has 0 aliphatic carbocycles. The van der Waals surface area contributed by atoms with Gasteiger partial charge in [-0.2, -0.15) is 0 Å². The number of H-pyrrole nitrogens is 1. The van der Waals surface area contributed by atoms with E-state index in [4.69, 9.17) is 9.47 Å². The van der Waals surface area contributed by atoms with Gasteiger partial charge in [-0.25, -0.2) is 4.79 Å². The first-order valence-corrected chi connectivity index (χ1v) is 8.11. The average Bonchev–Trinajstić information content (AvgIpc) is 2.85. The van der Waals surface area contributed by atoms with Crippen molar-refractivity contribution < 1.29 is 14.3 Å². The predicted molar refractivity (Wildman–Crippen MR) is 96.5 cm³/mol. The first-order chi connectivity index (χ1) is 11.3. The molecule has 0 saturated carbocycles. The van der Waals surface area contributed by atoms with E-state index in [0.29, 0.717) is 13.0 Å². The molecule has 24 heavy (non-hydrogen) atoms. The smallest absolute Gasteiger partial charge is 0.407 e. The van der Waals surface area contributed by atoms with Gasteiger partial charge in [0.05, 0.1) is 0 Å². The molecule has 2 rings (SSSR count). The summed E-state index contributed by atoms with van der Waals surface area (Å²) < 4.78 is 10.9. The van der Waals surface area contributed by atoms with E-state index in [2.05, 4.69) is 16.9 Å². The molecule has 5 heteroatoms. The molecular weight excluding hydrogens is 304 g/mol. The Morgan fingerprint density at radius 1 is 1.42 bits per heavy atom. The monoisotopic (exact) mass is 330 g/mol. The van der Waals surface area contributed by atoms with Gasteiger partial charge >= 0.3 is 6.09 Å². The lowest BCUT2D eigenvalue weighted by molar-refractivity contribution is 0.0508. The lowest BCUT2D eigenvalue weighted by Crippen LogP contribution is -2.38. The molecule has 0 saturated heterocycles. The van der Waals surface area contributed by atoms with Gasteiger partial charge in [-0.1, -0.05) is 12.7 Å². The highest BCUT2D eigenvalue weighted by atomic mass is 16.6. The third kappa shape index (κ3) is 5.05. The van der Waals surface area contributed by atoms with E-state index in [1.165, 1.54) is 0 Å². The molecule has 130 valence electrons. The number of benzene rings is 1. The van der Waals surface area contributed by atoms with Crippen LogP contribution in [0.3, 0.4) is 0 Å². The Balaban J connectivity index is 2.05. The largest absolute Gasteiger partial charge is 0.490 e. The van der Waals surface area contributed by atoms with Crippen molar-refractivity contribution in [3.8, 4) is 5.75 Å². The summed E-state index contributed by atoms with van der Waals surface area (Å²) in [5, 5.41) is 3.96. The zero-order valence-electron chi connectivity index (χ0n) is 14.8. The quantitative estimate of drug-likeness (QED) is 0.781. The predicted octanol–water partition coefficient (Wildman–Crippen LogP) is 4.19. The van der Waals surface area contributed by atoms with E-state index in [1.54, 1.807) is 6.08 Å². The van der Waals surface area contributed by atoms with Gasteiger partial charge in [0.25, 0.3) is 0 Å². The third-order valence-electron chi connectivity index (χ3n) is 3.40. The van der Waals surface area contributed by atoms with Gasteiger partial charge in [0.2, 0.25) is 0 Å². The Hall–Kier alpha value is -2.43. The number of rotatable bonds is 6. The normalized spacial score (nSPS) is 12.7. The summed E-state index contributed by atoms with van der Waals surface area (Å²) in [5.41, 5.74) is 1.67. The van der Waals surface area contributed by atoms with Gasteiger partial charge < -0.3 is 19.8 Å². The number of hydrogen-bond acceptors (Lipinski definition) is 3. The minimum absolute atomic E-state index is 0.0448. The summed E-state index contributed by atoms with van der Waals surface area (Å²) in [6.07, 6.45) is 3.99. The number of carbonyl (C=O) groups excluding carboxylic acids is 1. The SMILES string of the molecule is C=CCOc1ccc2[nH]cc(C[C@@H](C)NC(=O)OC(C)(C)C)c2c1. The van der Waals surface area contributed by atoms with Crippen molar-refractivity contribution in [3.63, 3.8) is 0 Å². The molecule has 1 aromatic heterocycles. The Kier molecular flexibility index (Phi) is 5.54. The van der Waals surface area contributed by atoms with Crippen LogP contribution in [-0.4, -0.2) is 29.3 Å². The van der Waals surface area contributed by atoms with Gasteiger partial charge in [0, 0.05) is 23.1 Å². The zero-order valence-corrected chi connectivity index (χ0v) is 14.8. The summed E-state index contributed by atoms with van der Waals surface area (Å²) >= 11 is 0. The second kappa shape index (κ2) is 7.43. The minimum Gasteiger partial charge on any atom is -0.490 e. The number of aromatic amines is 1. The molecule has 1 heterocycles. The van der Waals surface area contributed by atoms with Crippen molar-refractivity contribution in [2.75, 3.05) is 6.61 Å². The van der Waals surface area contributed by atoms with Gasteiger partial charge in [-0.05, 0) is 57.9 Å². The Bertz CT molecular complexity index is 713. The van der Waals surface area contributed by atoms with Crippen LogP contribution in [0.2, 0.25) is 0 Å². The number of carbonyl (C=O) groups is 1. The molecule has 0 fully saturated rings. The van der Waals surface area contributed by atoms with Crippen molar-refractivity contribution >= 4 is 17.0 Å². The number of ether oxygens (including phenoxy) is 2. The van der Waals surface area contributed by atoms with Crippen LogP contribution in [0.5, 0.6) is 5.75 Å². The highest BCUT2D eigenvalue weighted by Crippen LogP contribution is 2.24. The fraction of sp³-hybridized carbons (Fsp3) is 0.421. The summed E-state index contributed by atoms with van der Waals surface area (Å²) in [6, 6.07) is 5.87. The Morgan fingerprint density at radius 2 is 2.17 bits per heavy atom. The van der Waals surface area contributed by atoms with Crippen LogP contribution in [-0.2, 0) is 11.2 Å². The molecular formula is C19H26N2O3. The molecule has 2 N–H and O–H groups in total. The summed E-state index contributed by atoms with van der Waals surface area (Å²) in [4.78, 5) is 15.1. The highest BCUT2D eigenvalue weighted by Gasteiger charge is 2.18. The van der Waals surface area contributed by atoms with Crippen LogP contribution in [0.1, 0.15) is 33.3 Å². The van der Waals surface area contributed by atoms with E-state index < -0.39 is 11.7 Å². The lowest BCUT2D eigenvalue weighted by Gasteiger charge is -2.21. The molecule has 0 spiro atoms. The standard InChI is InChI=1S/C19H26N2O3/c1-6-9-23-15-7-8-17-16(11-15)14(12-20-17)10-13(2)21-18(22)24-19(3,4)5/h6-8,11-13,20H,1,9-10H2,2-5H3,(H,21,22)/t13-/m1/s1. The van der Waals surface area contributed by atoms with E-state index in [0.717, 1.165) is 22.2 Å². The molecule has 0 unspecified atom stereocenters. The second-order valence-electron chi connectivity index (χ2n) is 6.87. The molecule has 5 nitrogen and oxygen atoms in total. The van der Waals surface area contributed by atoms with Gasteiger partial charge in [-0.15, -0.1) is 0 Å². The molecule has 1 aromatic carbocycles. The number of amides is 1. The van der Waals surface area contributed by atoms with Crippen LogP contribution in [0.4, 0.5) is 4.79 Å². The van der Waals surface area contributed by atoms with E-state index >= 15 is 0 Å². The Morgan fingerprint density at radius 3 is 2.83 bits per heavy atom. The van der Waals surface area contributed by atoms with Crippen LogP contribution < -0.4 is 10.1 Å². The molecule has 0 radical (unpaired) electrons. The summed E-state index contributed by atoms with van der Waals surface area (Å²) in [5.74, 6) is 0.802. The minimum atomic E-state index is -0.498. The fourth-order valence-electron chi connectivity index (χ4n) is 2.46. The van der Waals surface area contributed by atoms with Crippen molar-refractivity contribution in [2.45, 2.75) is 45.8 Å². The van der Waals surface area contributed by atoms with Crippen molar-refractivity contribution in [1.82, 2.24) is 10.3 Å². The van der Waals surface area contributed by atoms with Gasteiger partial charge in [0.15, 0.2) is 0 Å². The molecule has 1 atom stereocenters. The molecule has 1 amide bonds. The van der Waals surface area contributed by atoms with E-state index in [9.17, 15) is 4.79 Å².